The Morgan fingerprint density at radius 2 is 1.89 bits per heavy atom. The van der Waals surface area contributed by atoms with Gasteiger partial charge in [0, 0.05) is 13.0 Å². The van der Waals surface area contributed by atoms with Crippen LogP contribution in [0.5, 0.6) is 0 Å². The van der Waals surface area contributed by atoms with Gasteiger partial charge in [-0.15, -0.1) is 0 Å². The standard InChI is InChI=1S/C14H21BrN2OS/c1-18-9-11-12(15)14(19)17-13(16-11)10-7-5-3-2-4-6-8-10/h10H,2-9H2,1H3,(H,16,17,19). The monoisotopic (exact) mass is 344 g/mol. The third-order valence-corrected chi connectivity index (χ3v) is 5.15. The molecule has 0 spiro atoms. The molecule has 1 aliphatic rings. The van der Waals surface area contributed by atoms with E-state index >= 15 is 0 Å². The van der Waals surface area contributed by atoms with E-state index in [1.165, 1.54) is 44.9 Å². The van der Waals surface area contributed by atoms with E-state index < -0.39 is 0 Å². The van der Waals surface area contributed by atoms with Gasteiger partial charge in [-0.05, 0) is 28.8 Å². The molecule has 1 aliphatic carbocycles. The largest absolute Gasteiger partial charge is 0.378 e. The number of hydrogen-bond acceptors (Lipinski definition) is 3. The Morgan fingerprint density at radius 1 is 1.26 bits per heavy atom. The van der Waals surface area contributed by atoms with E-state index in [1.54, 1.807) is 7.11 Å². The van der Waals surface area contributed by atoms with E-state index in [0.717, 1.165) is 16.0 Å². The zero-order chi connectivity index (χ0) is 13.7. The van der Waals surface area contributed by atoms with Gasteiger partial charge in [-0.25, -0.2) is 4.98 Å². The van der Waals surface area contributed by atoms with Gasteiger partial charge in [0.15, 0.2) is 0 Å². The quantitative estimate of drug-likeness (QED) is 0.794. The van der Waals surface area contributed by atoms with E-state index in [-0.39, 0.29) is 0 Å². The SMILES string of the molecule is COCc1[nH]c(C2CCCCCCC2)nc(=S)c1Br. The van der Waals surface area contributed by atoms with E-state index in [1.807, 2.05) is 0 Å². The molecule has 1 fully saturated rings. The lowest BCUT2D eigenvalue weighted by atomic mass is 9.90. The molecule has 1 aromatic heterocycles. The summed E-state index contributed by atoms with van der Waals surface area (Å²) >= 11 is 8.83. The number of nitrogens with one attached hydrogen (secondary N) is 1. The highest BCUT2D eigenvalue weighted by Gasteiger charge is 2.17. The molecule has 0 aromatic carbocycles. The van der Waals surface area contributed by atoms with Crippen LogP contribution in [0.3, 0.4) is 0 Å². The van der Waals surface area contributed by atoms with Crippen LogP contribution < -0.4 is 0 Å². The van der Waals surface area contributed by atoms with Crippen molar-refractivity contribution >= 4 is 28.1 Å². The molecule has 0 bridgehead atoms. The Balaban J connectivity index is 2.24. The smallest absolute Gasteiger partial charge is 0.144 e. The molecule has 2 rings (SSSR count). The molecule has 0 unspecified atom stereocenters. The van der Waals surface area contributed by atoms with Crippen LogP contribution in [0.1, 0.15) is 62.4 Å². The summed E-state index contributed by atoms with van der Waals surface area (Å²) in [5.74, 6) is 1.56. The average molecular weight is 345 g/mol. The van der Waals surface area contributed by atoms with Crippen molar-refractivity contribution in [3.8, 4) is 0 Å². The summed E-state index contributed by atoms with van der Waals surface area (Å²) in [6.07, 6.45) is 9.09. The molecule has 106 valence electrons. The maximum absolute atomic E-state index is 5.34. The van der Waals surface area contributed by atoms with E-state index in [0.29, 0.717) is 17.2 Å². The van der Waals surface area contributed by atoms with Gasteiger partial charge in [0.1, 0.15) is 10.5 Å². The fourth-order valence-electron chi connectivity index (χ4n) is 2.69. The van der Waals surface area contributed by atoms with Gasteiger partial charge in [0.2, 0.25) is 0 Å². The molecule has 0 amide bonds. The van der Waals surface area contributed by atoms with Crippen LogP contribution in [0, 0.1) is 4.64 Å². The number of halogens is 1. The van der Waals surface area contributed by atoms with Crippen molar-refractivity contribution in [3.05, 3.63) is 20.6 Å². The number of methoxy groups -OCH3 is 1. The molecule has 0 atom stereocenters. The van der Waals surface area contributed by atoms with Gasteiger partial charge in [0.25, 0.3) is 0 Å². The first-order valence-electron chi connectivity index (χ1n) is 7.00. The van der Waals surface area contributed by atoms with Crippen LogP contribution in [0.25, 0.3) is 0 Å². The Morgan fingerprint density at radius 3 is 2.53 bits per heavy atom. The van der Waals surface area contributed by atoms with Crippen molar-refractivity contribution in [2.75, 3.05) is 7.11 Å². The van der Waals surface area contributed by atoms with Gasteiger partial charge < -0.3 is 9.72 Å². The van der Waals surface area contributed by atoms with Crippen molar-refractivity contribution in [3.63, 3.8) is 0 Å². The molecule has 0 aliphatic heterocycles. The van der Waals surface area contributed by atoms with Crippen LogP contribution in [0.2, 0.25) is 0 Å². The van der Waals surface area contributed by atoms with Crippen molar-refractivity contribution < 1.29 is 4.74 Å². The highest BCUT2D eigenvalue weighted by molar-refractivity contribution is 9.10. The van der Waals surface area contributed by atoms with Crippen molar-refractivity contribution in [2.45, 2.75) is 57.5 Å². The lowest BCUT2D eigenvalue weighted by molar-refractivity contribution is 0.180. The van der Waals surface area contributed by atoms with E-state index in [9.17, 15) is 0 Å². The first kappa shape index (κ1) is 15.1. The predicted octanol–water partition coefficient (Wildman–Crippen LogP) is 4.88. The molecular formula is C14H21BrN2OS. The van der Waals surface area contributed by atoms with Crippen LogP contribution in [0.15, 0.2) is 4.47 Å². The minimum absolute atomic E-state index is 0.519. The predicted molar refractivity (Wildman–Crippen MR) is 82.9 cm³/mol. The molecule has 1 aromatic rings. The van der Waals surface area contributed by atoms with E-state index in [4.69, 9.17) is 17.0 Å². The van der Waals surface area contributed by atoms with Gasteiger partial charge in [-0.2, -0.15) is 0 Å². The number of H-pyrrole nitrogens is 1. The van der Waals surface area contributed by atoms with Crippen LogP contribution in [-0.4, -0.2) is 17.1 Å². The second kappa shape index (κ2) is 7.50. The minimum atomic E-state index is 0.519. The lowest BCUT2D eigenvalue weighted by Gasteiger charge is -2.20. The zero-order valence-corrected chi connectivity index (χ0v) is 13.8. The maximum Gasteiger partial charge on any atom is 0.144 e. The average Bonchev–Trinajstić information content (AvgIpc) is 2.34. The normalized spacial score (nSPS) is 18.0. The van der Waals surface area contributed by atoms with Crippen LogP contribution in [-0.2, 0) is 11.3 Å². The third-order valence-electron chi connectivity index (χ3n) is 3.73. The minimum Gasteiger partial charge on any atom is -0.378 e. The maximum atomic E-state index is 5.34. The Kier molecular flexibility index (Phi) is 5.98. The number of ether oxygens (including phenoxy) is 1. The number of nitrogens with zero attached hydrogens (tertiary/aromatic N) is 1. The van der Waals surface area contributed by atoms with Crippen LogP contribution >= 0.6 is 28.1 Å². The molecule has 5 heteroatoms. The Labute approximate surface area is 128 Å². The number of aromatic nitrogens is 2. The summed E-state index contributed by atoms with van der Waals surface area (Å²) < 4.78 is 6.72. The molecule has 1 heterocycles. The zero-order valence-electron chi connectivity index (χ0n) is 11.4. The van der Waals surface area contributed by atoms with Gasteiger partial charge in [-0.1, -0.05) is 44.3 Å². The van der Waals surface area contributed by atoms with Gasteiger partial charge in [-0.3, -0.25) is 0 Å². The summed E-state index contributed by atoms with van der Waals surface area (Å²) in [6.45, 7) is 0.534. The van der Waals surface area contributed by atoms with Crippen LogP contribution in [0.4, 0.5) is 0 Å². The molecular weight excluding hydrogens is 324 g/mol. The second-order valence-electron chi connectivity index (χ2n) is 5.19. The molecule has 3 nitrogen and oxygen atoms in total. The fraction of sp³-hybridized carbons (Fsp3) is 0.714. The molecule has 19 heavy (non-hydrogen) atoms. The molecule has 0 radical (unpaired) electrons. The Bertz CT molecular complexity index is 467. The van der Waals surface area contributed by atoms with Crippen molar-refractivity contribution in [2.24, 2.45) is 0 Å². The summed E-state index contributed by atoms with van der Waals surface area (Å²) in [7, 11) is 1.69. The van der Waals surface area contributed by atoms with Gasteiger partial charge >= 0.3 is 0 Å². The third kappa shape index (κ3) is 4.10. The number of aromatic amines is 1. The topological polar surface area (TPSA) is 37.9 Å². The summed E-state index contributed by atoms with van der Waals surface area (Å²) in [4.78, 5) is 7.99. The van der Waals surface area contributed by atoms with Crippen molar-refractivity contribution in [1.29, 1.82) is 0 Å². The summed E-state index contributed by atoms with van der Waals surface area (Å²) in [5, 5.41) is 0. The molecule has 0 saturated heterocycles. The highest BCUT2D eigenvalue weighted by atomic mass is 79.9. The first-order chi connectivity index (χ1) is 9.22. The summed E-state index contributed by atoms with van der Waals surface area (Å²) in [5.41, 5.74) is 1.000. The number of rotatable bonds is 3. The molecule has 1 N–H and O–H groups in total. The number of hydrogen-bond donors (Lipinski definition) is 1. The molecule has 1 saturated carbocycles. The first-order valence-corrected chi connectivity index (χ1v) is 8.20. The Hall–Kier alpha value is -0.260. The van der Waals surface area contributed by atoms with Crippen molar-refractivity contribution in [1.82, 2.24) is 9.97 Å². The van der Waals surface area contributed by atoms with E-state index in [2.05, 4.69) is 25.9 Å². The fourth-order valence-corrected chi connectivity index (χ4v) is 3.22. The highest BCUT2D eigenvalue weighted by Crippen LogP contribution is 2.30. The summed E-state index contributed by atoms with van der Waals surface area (Å²) in [6, 6.07) is 0. The second-order valence-corrected chi connectivity index (χ2v) is 6.37. The van der Waals surface area contributed by atoms with Gasteiger partial charge in [0.05, 0.1) is 16.8 Å². The lowest BCUT2D eigenvalue weighted by Crippen LogP contribution is -2.10.